The zero-order valence-electron chi connectivity index (χ0n) is 8.42. The molecule has 0 fully saturated rings. The van der Waals surface area contributed by atoms with Crippen molar-refractivity contribution in [2.75, 3.05) is 13.7 Å². The summed E-state index contributed by atoms with van der Waals surface area (Å²) in [6, 6.07) is 0. The first-order valence-corrected chi connectivity index (χ1v) is 4.57. The van der Waals surface area contributed by atoms with Crippen molar-refractivity contribution in [1.82, 2.24) is 0 Å². The maximum absolute atomic E-state index is 11.8. The van der Waals surface area contributed by atoms with Gasteiger partial charge < -0.3 is 9.47 Å². The summed E-state index contributed by atoms with van der Waals surface area (Å²) >= 11 is 0. The molecule has 1 aliphatic rings. The van der Waals surface area contributed by atoms with E-state index in [1.165, 1.54) is 0 Å². The van der Waals surface area contributed by atoms with Crippen LogP contribution in [0.1, 0.15) is 26.7 Å². The Kier molecular flexibility index (Phi) is 3.09. The molecule has 0 radical (unpaired) electrons. The molecule has 0 bridgehead atoms. The van der Waals surface area contributed by atoms with E-state index in [9.17, 15) is 4.79 Å². The van der Waals surface area contributed by atoms with Gasteiger partial charge >= 0.3 is 0 Å². The molecule has 0 amide bonds. The third-order valence-corrected chi connectivity index (χ3v) is 2.53. The van der Waals surface area contributed by atoms with Gasteiger partial charge in [-0.3, -0.25) is 4.79 Å². The lowest BCUT2D eigenvalue weighted by Gasteiger charge is -2.24. The van der Waals surface area contributed by atoms with E-state index in [0.29, 0.717) is 18.8 Å². The van der Waals surface area contributed by atoms with Gasteiger partial charge in [0.05, 0.1) is 6.61 Å². The van der Waals surface area contributed by atoms with Crippen LogP contribution in [-0.2, 0) is 14.3 Å². The minimum Gasteiger partial charge on any atom is -0.490 e. The number of hydrogen-bond acceptors (Lipinski definition) is 3. The molecular formula is C10H16O3. The normalized spacial score (nSPS) is 20.4. The van der Waals surface area contributed by atoms with E-state index in [2.05, 4.69) is 0 Å². The number of hydrogen-bond donors (Lipinski definition) is 0. The van der Waals surface area contributed by atoms with Gasteiger partial charge in [-0.25, -0.2) is 0 Å². The summed E-state index contributed by atoms with van der Waals surface area (Å²) in [5.74, 6) is 0.418. The number of carbonyl (C=O) groups excluding carboxylic acids is 1. The predicted octanol–water partition coefficient (Wildman–Crippen LogP) is 1.67. The molecule has 1 aliphatic heterocycles. The van der Waals surface area contributed by atoms with Crippen LogP contribution in [0.25, 0.3) is 0 Å². The highest BCUT2D eigenvalue weighted by atomic mass is 16.5. The highest BCUT2D eigenvalue weighted by Crippen LogP contribution is 2.23. The summed E-state index contributed by atoms with van der Waals surface area (Å²) < 4.78 is 10.4. The van der Waals surface area contributed by atoms with Gasteiger partial charge in [0.25, 0.3) is 0 Å². The molecule has 1 unspecified atom stereocenters. The van der Waals surface area contributed by atoms with Crippen LogP contribution in [0.2, 0.25) is 0 Å². The van der Waals surface area contributed by atoms with E-state index < -0.39 is 5.60 Å². The molecule has 74 valence electrons. The Hall–Kier alpha value is -0.830. The van der Waals surface area contributed by atoms with Crippen LogP contribution in [0.5, 0.6) is 0 Å². The number of ether oxygens (including phenoxy) is 2. The van der Waals surface area contributed by atoms with Crippen molar-refractivity contribution in [2.45, 2.75) is 32.3 Å². The lowest BCUT2D eigenvalue weighted by Crippen LogP contribution is -2.37. The van der Waals surface area contributed by atoms with Gasteiger partial charge in [-0.15, -0.1) is 0 Å². The molecule has 1 rings (SSSR count). The molecule has 0 saturated heterocycles. The van der Waals surface area contributed by atoms with Crippen LogP contribution >= 0.6 is 0 Å². The third-order valence-electron chi connectivity index (χ3n) is 2.53. The zero-order chi connectivity index (χ0) is 9.90. The van der Waals surface area contributed by atoms with Crippen LogP contribution in [-0.4, -0.2) is 25.1 Å². The van der Waals surface area contributed by atoms with Crippen LogP contribution < -0.4 is 0 Å². The number of carbonyl (C=O) groups is 1. The molecule has 0 aliphatic carbocycles. The van der Waals surface area contributed by atoms with Crippen molar-refractivity contribution in [3.8, 4) is 0 Å². The molecule has 1 atom stereocenters. The van der Waals surface area contributed by atoms with E-state index in [1.54, 1.807) is 14.0 Å². The minimum atomic E-state index is -0.726. The first-order chi connectivity index (χ1) is 6.14. The van der Waals surface area contributed by atoms with Crippen LogP contribution in [0.3, 0.4) is 0 Å². The van der Waals surface area contributed by atoms with Crippen molar-refractivity contribution >= 4 is 5.78 Å². The summed E-state index contributed by atoms with van der Waals surface area (Å²) in [7, 11) is 1.55. The Bertz CT molecular complexity index is 226. The van der Waals surface area contributed by atoms with Gasteiger partial charge in [-0.2, -0.15) is 0 Å². The molecule has 0 spiro atoms. The monoisotopic (exact) mass is 184 g/mol. The van der Waals surface area contributed by atoms with Crippen molar-refractivity contribution in [1.29, 1.82) is 0 Å². The Balaban J connectivity index is 2.75. The molecule has 0 aromatic carbocycles. The molecule has 0 aromatic heterocycles. The van der Waals surface area contributed by atoms with Gasteiger partial charge in [0.2, 0.25) is 5.78 Å². The summed E-state index contributed by atoms with van der Waals surface area (Å²) in [5.41, 5.74) is -0.726. The SMILES string of the molecule is CCC(C)(OC)C(=O)C1=CCCO1. The molecule has 3 nitrogen and oxygen atoms in total. The third kappa shape index (κ3) is 1.91. The fourth-order valence-corrected chi connectivity index (χ4v) is 1.23. The maximum Gasteiger partial charge on any atom is 0.228 e. The average Bonchev–Trinajstić information content (AvgIpc) is 2.68. The van der Waals surface area contributed by atoms with Crippen LogP contribution in [0, 0.1) is 0 Å². The van der Waals surface area contributed by atoms with E-state index in [1.807, 2.05) is 13.0 Å². The highest BCUT2D eigenvalue weighted by Gasteiger charge is 2.35. The minimum absolute atomic E-state index is 0.0463. The first kappa shape index (κ1) is 10.3. The molecule has 1 heterocycles. The van der Waals surface area contributed by atoms with E-state index in [-0.39, 0.29) is 5.78 Å². The summed E-state index contributed by atoms with van der Waals surface area (Å²) in [4.78, 5) is 11.8. The van der Waals surface area contributed by atoms with Gasteiger partial charge in [0.1, 0.15) is 5.60 Å². The Morgan fingerprint density at radius 2 is 2.46 bits per heavy atom. The zero-order valence-corrected chi connectivity index (χ0v) is 8.42. The lowest BCUT2D eigenvalue weighted by atomic mass is 9.96. The standard InChI is InChI=1S/C10H16O3/c1-4-10(2,12-3)9(11)8-6-5-7-13-8/h6H,4-5,7H2,1-3H3. The summed E-state index contributed by atoms with van der Waals surface area (Å²) in [5, 5.41) is 0. The molecule has 0 N–H and O–H groups in total. The van der Waals surface area contributed by atoms with E-state index in [0.717, 1.165) is 6.42 Å². The van der Waals surface area contributed by atoms with Gasteiger partial charge in [0, 0.05) is 13.5 Å². The fraction of sp³-hybridized carbons (Fsp3) is 0.700. The van der Waals surface area contributed by atoms with Crippen molar-refractivity contribution in [3.05, 3.63) is 11.8 Å². The maximum atomic E-state index is 11.8. The Morgan fingerprint density at radius 3 is 2.85 bits per heavy atom. The molecule has 13 heavy (non-hydrogen) atoms. The molecule has 3 heteroatoms. The highest BCUT2D eigenvalue weighted by molar-refractivity contribution is 6.00. The average molecular weight is 184 g/mol. The largest absolute Gasteiger partial charge is 0.490 e. The second-order valence-electron chi connectivity index (χ2n) is 3.32. The number of methoxy groups -OCH3 is 1. The van der Waals surface area contributed by atoms with E-state index in [4.69, 9.17) is 9.47 Å². The second kappa shape index (κ2) is 3.92. The van der Waals surface area contributed by atoms with Gasteiger partial charge in [-0.05, 0) is 19.4 Å². The van der Waals surface area contributed by atoms with Crippen LogP contribution in [0.4, 0.5) is 0 Å². The van der Waals surface area contributed by atoms with Gasteiger partial charge in [0.15, 0.2) is 5.76 Å². The van der Waals surface area contributed by atoms with Crippen molar-refractivity contribution < 1.29 is 14.3 Å². The van der Waals surface area contributed by atoms with Crippen molar-refractivity contribution in [3.63, 3.8) is 0 Å². The first-order valence-electron chi connectivity index (χ1n) is 4.57. The lowest BCUT2D eigenvalue weighted by molar-refractivity contribution is -0.138. The smallest absolute Gasteiger partial charge is 0.228 e. The van der Waals surface area contributed by atoms with Crippen LogP contribution in [0.15, 0.2) is 11.8 Å². The van der Waals surface area contributed by atoms with E-state index >= 15 is 0 Å². The number of rotatable bonds is 4. The summed E-state index contributed by atoms with van der Waals surface area (Å²) in [6.07, 6.45) is 3.31. The fourth-order valence-electron chi connectivity index (χ4n) is 1.23. The Morgan fingerprint density at radius 1 is 1.77 bits per heavy atom. The Labute approximate surface area is 78.7 Å². The molecule has 0 aromatic rings. The second-order valence-corrected chi connectivity index (χ2v) is 3.32. The topological polar surface area (TPSA) is 35.5 Å². The molecule has 0 saturated carbocycles. The summed E-state index contributed by atoms with van der Waals surface area (Å²) in [6.45, 7) is 4.33. The number of ketones is 1. The molecular weight excluding hydrogens is 168 g/mol. The van der Waals surface area contributed by atoms with Crippen molar-refractivity contribution in [2.24, 2.45) is 0 Å². The predicted molar refractivity (Wildman–Crippen MR) is 49.4 cm³/mol. The quantitative estimate of drug-likeness (QED) is 0.666. The van der Waals surface area contributed by atoms with Gasteiger partial charge in [-0.1, -0.05) is 6.92 Å². The number of Topliss-reactive ketones (excluding diaryl/α,β-unsaturated/α-hetero) is 1.